The van der Waals surface area contributed by atoms with Gasteiger partial charge in [-0.3, -0.25) is 0 Å². The summed E-state index contributed by atoms with van der Waals surface area (Å²) in [6.07, 6.45) is 1.01. The Balaban J connectivity index is 1.53. The standard InChI is InChI=1S/C22H23NOS/c1-18-12-14-21(15-13-18)24-25-23-17-16-22(19-8-4-2-5-9-19)20-10-6-3-7-11-20/h2-15,22-23H,16-17H2,1H3. The van der Waals surface area contributed by atoms with Gasteiger partial charge in [0, 0.05) is 12.5 Å². The molecule has 0 unspecified atom stereocenters. The first-order chi connectivity index (χ1) is 12.3. The van der Waals surface area contributed by atoms with Gasteiger partial charge in [0.25, 0.3) is 0 Å². The molecule has 1 N–H and O–H groups in total. The third-order valence-electron chi connectivity index (χ3n) is 4.16. The Kier molecular flexibility index (Phi) is 6.55. The molecule has 0 saturated heterocycles. The van der Waals surface area contributed by atoms with Crippen molar-refractivity contribution in [1.29, 1.82) is 0 Å². The molecule has 3 rings (SSSR count). The SMILES string of the molecule is Cc1ccc(OSNCCC(c2ccccc2)c2ccccc2)cc1. The van der Waals surface area contributed by atoms with Crippen molar-refractivity contribution >= 4 is 12.2 Å². The van der Waals surface area contributed by atoms with Gasteiger partial charge in [0.2, 0.25) is 0 Å². The van der Waals surface area contributed by atoms with E-state index in [-0.39, 0.29) is 0 Å². The predicted molar refractivity (Wildman–Crippen MR) is 107 cm³/mol. The van der Waals surface area contributed by atoms with Gasteiger partial charge in [-0.2, -0.15) is 0 Å². The number of aryl methyl sites for hydroxylation is 1. The summed E-state index contributed by atoms with van der Waals surface area (Å²) in [5.74, 6) is 1.25. The van der Waals surface area contributed by atoms with Crippen LogP contribution in [0.5, 0.6) is 5.75 Å². The van der Waals surface area contributed by atoms with Gasteiger partial charge in [0.05, 0.1) is 0 Å². The molecule has 3 heteroatoms. The lowest BCUT2D eigenvalue weighted by atomic mass is 9.89. The van der Waals surface area contributed by atoms with Crippen LogP contribution < -0.4 is 8.91 Å². The largest absolute Gasteiger partial charge is 0.410 e. The molecule has 0 amide bonds. The maximum Gasteiger partial charge on any atom is 0.143 e. The lowest BCUT2D eigenvalue weighted by molar-refractivity contribution is 0.624. The smallest absolute Gasteiger partial charge is 0.143 e. The molecule has 2 nitrogen and oxygen atoms in total. The normalized spacial score (nSPS) is 10.8. The molecule has 0 heterocycles. The molecule has 3 aromatic rings. The number of hydrogen-bond donors (Lipinski definition) is 1. The molecule has 0 fully saturated rings. The molecule has 0 aliphatic heterocycles. The van der Waals surface area contributed by atoms with Crippen LogP contribution in [0.2, 0.25) is 0 Å². The lowest BCUT2D eigenvalue weighted by Gasteiger charge is -2.18. The molecule has 0 atom stereocenters. The third-order valence-corrected chi connectivity index (χ3v) is 4.75. The molecule has 128 valence electrons. The van der Waals surface area contributed by atoms with Crippen molar-refractivity contribution in [2.45, 2.75) is 19.3 Å². The predicted octanol–water partition coefficient (Wildman–Crippen LogP) is 5.75. The van der Waals surface area contributed by atoms with Gasteiger partial charge in [-0.15, -0.1) is 0 Å². The van der Waals surface area contributed by atoms with Crippen molar-refractivity contribution in [2.24, 2.45) is 0 Å². The number of benzene rings is 3. The molecule has 25 heavy (non-hydrogen) atoms. The van der Waals surface area contributed by atoms with Crippen LogP contribution in [0.25, 0.3) is 0 Å². The Hall–Kier alpha value is -2.23. The van der Waals surface area contributed by atoms with E-state index in [1.54, 1.807) is 0 Å². The highest BCUT2D eigenvalue weighted by atomic mass is 32.2. The summed E-state index contributed by atoms with van der Waals surface area (Å²) in [4.78, 5) is 0. The van der Waals surface area contributed by atoms with Crippen LogP contribution in [0.15, 0.2) is 84.9 Å². The first-order valence-electron chi connectivity index (χ1n) is 8.56. The summed E-state index contributed by atoms with van der Waals surface area (Å²) in [7, 11) is 0. The molecule has 0 saturated carbocycles. The number of rotatable bonds is 8. The monoisotopic (exact) mass is 349 g/mol. The van der Waals surface area contributed by atoms with Crippen LogP contribution in [0, 0.1) is 6.92 Å². The highest BCUT2D eigenvalue weighted by Gasteiger charge is 2.13. The summed E-state index contributed by atoms with van der Waals surface area (Å²) >= 11 is 1.29. The summed E-state index contributed by atoms with van der Waals surface area (Å²) in [6, 6.07) is 29.4. The van der Waals surface area contributed by atoms with Crippen LogP contribution in [-0.2, 0) is 0 Å². The topological polar surface area (TPSA) is 21.3 Å². The van der Waals surface area contributed by atoms with Gasteiger partial charge < -0.3 is 4.18 Å². The fraction of sp³-hybridized carbons (Fsp3) is 0.182. The maximum atomic E-state index is 5.66. The molecule has 0 aliphatic rings. The molecule has 0 aliphatic carbocycles. The number of hydrogen-bond acceptors (Lipinski definition) is 3. The molecule has 0 aromatic heterocycles. The van der Waals surface area contributed by atoms with Gasteiger partial charge in [-0.1, -0.05) is 78.4 Å². The Morgan fingerprint density at radius 1 is 0.800 bits per heavy atom. The van der Waals surface area contributed by atoms with Gasteiger partial charge in [0.15, 0.2) is 0 Å². The first-order valence-corrected chi connectivity index (χ1v) is 9.30. The summed E-state index contributed by atoms with van der Waals surface area (Å²) in [5, 5.41) is 0. The maximum absolute atomic E-state index is 5.66. The lowest BCUT2D eigenvalue weighted by Crippen LogP contribution is -2.13. The molecule has 0 bridgehead atoms. The van der Waals surface area contributed by atoms with Crippen molar-refractivity contribution in [1.82, 2.24) is 4.72 Å². The molecule has 0 spiro atoms. The Labute approximate surface area is 154 Å². The minimum absolute atomic E-state index is 0.384. The summed E-state index contributed by atoms with van der Waals surface area (Å²) < 4.78 is 8.97. The van der Waals surface area contributed by atoms with Gasteiger partial charge >= 0.3 is 0 Å². The fourth-order valence-electron chi connectivity index (χ4n) is 2.81. The van der Waals surface area contributed by atoms with Crippen molar-refractivity contribution in [3.05, 3.63) is 102 Å². The minimum atomic E-state index is 0.384. The zero-order chi connectivity index (χ0) is 17.3. The second-order valence-electron chi connectivity index (χ2n) is 6.04. The zero-order valence-electron chi connectivity index (χ0n) is 14.4. The van der Waals surface area contributed by atoms with Crippen LogP contribution in [0.3, 0.4) is 0 Å². The Bertz CT molecular complexity index is 705. The Morgan fingerprint density at radius 3 is 1.92 bits per heavy atom. The molecular weight excluding hydrogens is 326 g/mol. The molecular formula is C22H23NOS. The summed E-state index contributed by atoms with van der Waals surface area (Å²) in [6.45, 7) is 2.94. The second kappa shape index (κ2) is 9.30. The second-order valence-corrected chi connectivity index (χ2v) is 6.66. The highest BCUT2D eigenvalue weighted by Crippen LogP contribution is 2.27. The van der Waals surface area contributed by atoms with Gasteiger partial charge in [-0.25, -0.2) is 4.72 Å². The van der Waals surface area contributed by atoms with E-state index >= 15 is 0 Å². The van der Waals surface area contributed by atoms with E-state index in [4.69, 9.17) is 4.18 Å². The van der Waals surface area contributed by atoms with Crippen molar-refractivity contribution in [3.63, 3.8) is 0 Å². The van der Waals surface area contributed by atoms with Crippen LogP contribution in [-0.4, -0.2) is 6.54 Å². The Morgan fingerprint density at radius 2 is 1.36 bits per heavy atom. The van der Waals surface area contributed by atoms with Gasteiger partial charge in [0.1, 0.15) is 18.0 Å². The first kappa shape index (κ1) is 17.6. The van der Waals surface area contributed by atoms with Crippen molar-refractivity contribution in [2.75, 3.05) is 6.54 Å². The van der Waals surface area contributed by atoms with Gasteiger partial charge in [-0.05, 0) is 36.6 Å². The van der Waals surface area contributed by atoms with Crippen LogP contribution in [0.1, 0.15) is 29.0 Å². The van der Waals surface area contributed by atoms with Crippen LogP contribution in [0.4, 0.5) is 0 Å². The fourth-order valence-corrected chi connectivity index (χ4v) is 3.28. The zero-order valence-corrected chi connectivity index (χ0v) is 15.2. The van der Waals surface area contributed by atoms with E-state index in [9.17, 15) is 0 Å². The van der Waals surface area contributed by atoms with Crippen molar-refractivity contribution in [3.8, 4) is 5.75 Å². The van der Waals surface area contributed by atoms with E-state index in [2.05, 4.69) is 84.4 Å². The van der Waals surface area contributed by atoms with Crippen LogP contribution >= 0.6 is 12.2 Å². The van der Waals surface area contributed by atoms with E-state index in [0.29, 0.717) is 5.92 Å². The molecule has 3 aromatic carbocycles. The summed E-state index contributed by atoms with van der Waals surface area (Å²) in [5.41, 5.74) is 3.93. The minimum Gasteiger partial charge on any atom is -0.410 e. The highest BCUT2D eigenvalue weighted by molar-refractivity contribution is 7.93. The van der Waals surface area contributed by atoms with E-state index in [1.165, 1.54) is 28.9 Å². The average Bonchev–Trinajstić information content (AvgIpc) is 2.67. The number of nitrogens with one attached hydrogen (secondary N) is 1. The van der Waals surface area contributed by atoms with E-state index < -0.39 is 0 Å². The van der Waals surface area contributed by atoms with Crippen molar-refractivity contribution < 1.29 is 4.18 Å². The third kappa shape index (κ3) is 5.38. The molecule has 0 radical (unpaired) electrons. The quantitative estimate of drug-likeness (QED) is 0.318. The van der Waals surface area contributed by atoms with E-state index in [1.807, 2.05) is 12.1 Å². The van der Waals surface area contributed by atoms with E-state index in [0.717, 1.165) is 18.7 Å². The average molecular weight is 349 g/mol.